The van der Waals surface area contributed by atoms with Crippen LogP contribution in [0, 0.1) is 0 Å². The number of hydrogen-bond acceptors (Lipinski definition) is 12. The van der Waals surface area contributed by atoms with Gasteiger partial charge in [-0.3, -0.25) is 13.9 Å². The van der Waals surface area contributed by atoms with E-state index in [1.807, 2.05) is 0 Å². The highest BCUT2D eigenvalue weighted by atomic mass is 35.5. The molecule has 0 amide bonds. The van der Waals surface area contributed by atoms with Crippen LogP contribution in [-0.2, 0) is 23.4 Å². The summed E-state index contributed by atoms with van der Waals surface area (Å²) < 4.78 is 37.4. The van der Waals surface area contributed by atoms with Crippen LogP contribution < -0.4 is 20.7 Å². The van der Waals surface area contributed by atoms with Gasteiger partial charge in [-0.05, 0) is 38.8 Å². The molecule has 216 valence electrons. The van der Waals surface area contributed by atoms with Gasteiger partial charge >= 0.3 is 13.7 Å². The van der Waals surface area contributed by atoms with Gasteiger partial charge in [-0.15, -0.1) is 11.6 Å². The van der Waals surface area contributed by atoms with Crippen molar-refractivity contribution < 1.29 is 33.0 Å². The maximum Gasteiger partial charge on any atom is 0.459 e. The number of nitrogens with one attached hydrogen (secondary N) is 2. The first-order valence-corrected chi connectivity index (χ1v) is 14.6. The number of para-hydroxylation sites is 1. The lowest BCUT2D eigenvalue weighted by molar-refractivity contribution is -0.142. The number of alkyl halides is 1. The van der Waals surface area contributed by atoms with E-state index in [0.29, 0.717) is 23.0 Å². The Bertz CT molecular complexity index is 1420. The molecule has 5 N–H and O–H groups in total. The molecule has 1 aliphatic heterocycles. The van der Waals surface area contributed by atoms with Crippen LogP contribution in [-0.4, -0.2) is 73.5 Å². The quantitative estimate of drug-likeness (QED) is 0.144. The van der Waals surface area contributed by atoms with Crippen LogP contribution in [0.15, 0.2) is 36.7 Å². The van der Waals surface area contributed by atoms with E-state index in [1.165, 1.54) is 20.4 Å². The lowest BCUT2D eigenvalue weighted by atomic mass is 10.0. The highest BCUT2D eigenvalue weighted by Crippen LogP contribution is 2.48. The number of methoxy groups -OCH3 is 1. The molecular formula is C24H31ClN7O7P. The summed E-state index contributed by atoms with van der Waals surface area (Å²) >= 11 is 6.82. The van der Waals surface area contributed by atoms with Crippen molar-refractivity contribution in [1.82, 2.24) is 24.6 Å². The number of fused-ring (bicyclic) bond motifs is 1. The zero-order valence-electron chi connectivity index (χ0n) is 22.1. The van der Waals surface area contributed by atoms with E-state index in [0.717, 1.165) is 12.8 Å². The number of carbonyl (C=O) groups is 1. The van der Waals surface area contributed by atoms with E-state index in [4.69, 9.17) is 35.9 Å². The van der Waals surface area contributed by atoms with Gasteiger partial charge in [0.05, 0.1) is 20.0 Å². The maximum atomic E-state index is 13.7. The molecule has 16 heteroatoms. The molecule has 1 aliphatic carbocycles. The molecule has 5 rings (SSSR count). The number of aliphatic hydroxyl groups excluding tert-OH is 1. The summed E-state index contributed by atoms with van der Waals surface area (Å²) in [7, 11) is -2.97. The summed E-state index contributed by atoms with van der Waals surface area (Å²) in [6, 6.07) is 7.57. The number of ether oxygens (including phenoxy) is 2. The van der Waals surface area contributed by atoms with E-state index < -0.39 is 49.7 Å². The number of esters is 1. The van der Waals surface area contributed by atoms with E-state index in [9.17, 15) is 14.5 Å². The van der Waals surface area contributed by atoms with Crippen LogP contribution in [0.4, 0.5) is 11.8 Å². The fourth-order valence-electron chi connectivity index (χ4n) is 4.33. The van der Waals surface area contributed by atoms with Crippen molar-refractivity contribution in [1.29, 1.82) is 0 Å². The highest BCUT2D eigenvalue weighted by Gasteiger charge is 2.54. The third-order valence-corrected chi connectivity index (χ3v) is 8.66. The summed E-state index contributed by atoms with van der Waals surface area (Å²) in [5.41, 5.74) is 6.82. The molecule has 3 heterocycles. The van der Waals surface area contributed by atoms with Crippen LogP contribution in [0.1, 0.15) is 32.9 Å². The third kappa shape index (κ3) is 5.87. The lowest BCUT2D eigenvalue weighted by Crippen LogP contribution is -2.40. The summed E-state index contributed by atoms with van der Waals surface area (Å²) in [5.74, 6) is 0.108. The Labute approximate surface area is 235 Å². The van der Waals surface area contributed by atoms with Crippen molar-refractivity contribution in [3.05, 3.63) is 36.7 Å². The second kappa shape index (κ2) is 11.1. The molecule has 1 aromatic carbocycles. The van der Waals surface area contributed by atoms with Gasteiger partial charge in [0, 0.05) is 6.04 Å². The number of benzene rings is 1. The van der Waals surface area contributed by atoms with Crippen LogP contribution in [0.5, 0.6) is 5.75 Å². The largest absolute Gasteiger partial charge is 0.468 e. The molecule has 0 bridgehead atoms. The maximum absolute atomic E-state index is 13.7. The molecule has 2 fully saturated rings. The summed E-state index contributed by atoms with van der Waals surface area (Å²) in [6.07, 6.45) is 0.260. The van der Waals surface area contributed by atoms with Crippen LogP contribution in [0.25, 0.3) is 11.2 Å². The number of hydrogen-bond donors (Lipinski definition) is 4. The second-order valence-electron chi connectivity index (χ2n) is 9.87. The Hall–Kier alpha value is -3.00. The van der Waals surface area contributed by atoms with Crippen molar-refractivity contribution in [2.75, 3.05) is 24.8 Å². The fraction of sp³-hybridized carbons (Fsp3) is 0.500. The molecule has 1 saturated carbocycles. The van der Waals surface area contributed by atoms with E-state index >= 15 is 0 Å². The topological polar surface area (TPSA) is 185 Å². The predicted molar refractivity (Wildman–Crippen MR) is 146 cm³/mol. The molecule has 0 spiro atoms. The van der Waals surface area contributed by atoms with Gasteiger partial charge in [0.1, 0.15) is 28.9 Å². The minimum Gasteiger partial charge on any atom is -0.468 e. The van der Waals surface area contributed by atoms with Crippen molar-refractivity contribution in [3.63, 3.8) is 0 Å². The van der Waals surface area contributed by atoms with E-state index in [-0.39, 0.29) is 11.7 Å². The summed E-state index contributed by atoms with van der Waals surface area (Å²) in [4.78, 5) is 23.7. The number of halogens is 1. The van der Waals surface area contributed by atoms with Gasteiger partial charge in [-0.2, -0.15) is 15.1 Å². The standard InChI is InChI=1S/C24H31ClN7O7P/c1-13(21(34)36-3)31-40(35,39-15-7-5-4-6-8-15)37-11-16-18(33)24(2,25)22(38-16)32-12-27-17-19(28-14-9-10-14)29-23(26)30-20(17)32/h4-8,12-14,16,18,22,33H,9-11H2,1-3H3,(H,31,35)(H3,26,28,29,30)/t13-,16-,18-,22-,24-,40?/m1/s1. The Kier molecular flexibility index (Phi) is 7.92. The SMILES string of the molecule is COC(=O)[C@@H](C)NP(=O)(OC[C@H]1O[C@@H](n2cnc3c(NC4CC4)nc(N)nc32)[C@](C)(Cl)[C@@H]1O)Oc1ccccc1. The van der Waals surface area contributed by atoms with Crippen LogP contribution >= 0.6 is 19.3 Å². The molecule has 0 radical (unpaired) electrons. The number of rotatable bonds is 11. The number of aromatic nitrogens is 4. The van der Waals surface area contributed by atoms with Crippen LogP contribution in [0.2, 0.25) is 0 Å². The average molecular weight is 596 g/mol. The summed E-state index contributed by atoms with van der Waals surface area (Å²) in [6.45, 7) is 2.65. The van der Waals surface area contributed by atoms with E-state index in [1.54, 1.807) is 41.8 Å². The van der Waals surface area contributed by atoms with Crippen molar-refractivity contribution in [3.8, 4) is 5.75 Å². The number of nitrogens with two attached hydrogens (primary N) is 1. The first-order chi connectivity index (χ1) is 19.0. The lowest BCUT2D eigenvalue weighted by Gasteiger charge is -2.26. The monoisotopic (exact) mass is 595 g/mol. The first-order valence-electron chi connectivity index (χ1n) is 12.6. The van der Waals surface area contributed by atoms with Gasteiger partial charge in [0.2, 0.25) is 5.95 Å². The van der Waals surface area contributed by atoms with E-state index in [2.05, 4.69) is 25.4 Å². The Morgan fingerprint density at radius 3 is 2.75 bits per heavy atom. The van der Waals surface area contributed by atoms with Crippen LogP contribution in [0.3, 0.4) is 0 Å². The first kappa shape index (κ1) is 28.5. The molecular weight excluding hydrogens is 565 g/mol. The van der Waals surface area contributed by atoms with Gasteiger partial charge < -0.3 is 30.2 Å². The number of imidazole rings is 1. The average Bonchev–Trinajstić information content (AvgIpc) is 3.59. The smallest absolute Gasteiger partial charge is 0.459 e. The number of aliphatic hydroxyl groups is 1. The number of nitrogen functional groups attached to an aromatic ring is 1. The molecule has 2 aromatic heterocycles. The van der Waals surface area contributed by atoms with Gasteiger partial charge in [0.15, 0.2) is 23.2 Å². The normalized spacial score (nSPS) is 26.8. The Morgan fingerprint density at radius 1 is 1.35 bits per heavy atom. The van der Waals surface area contributed by atoms with Gasteiger partial charge in [-0.1, -0.05) is 18.2 Å². The van der Waals surface area contributed by atoms with Gasteiger partial charge in [-0.25, -0.2) is 9.55 Å². The second-order valence-corrected chi connectivity index (χ2v) is 12.4. The summed E-state index contributed by atoms with van der Waals surface area (Å²) in [5, 5.41) is 17.0. The molecule has 3 aromatic rings. The van der Waals surface area contributed by atoms with Crippen molar-refractivity contribution >= 4 is 48.2 Å². The molecule has 40 heavy (non-hydrogen) atoms. The fourth-order valence-corrected chi connectivity index (χ4v) is 6.12. The Morgan fingerprint density at radius 2 is 2.08 bits per heavy atom. The molecule has 2 aliphatic rings. The minimum atomic E-state index is -4.17. The zero-order valence-corrected chi connectivity index (χ0v) is 23.7. The van der Waals surface area contributed by atoms with Crippen molar-refractivity contribution in [2.24, 2.45) is 0 Å². The zero-order chi connectivity index (χ0) is 28.7. The minimum absolute atomic E-state index is 0.0388. The van der Waals surface area contributed by atoms with Gasteiger partial charge in [0.25, 0.3) is 0 Å². The Balaban J connectivity index is 1.37. The highest BCUT2D eigenvalue weighted by molar-refractivity contribution is 7.52. The van der Waals surface area contributed by atoms with Crippen molar-refractivity contribution in [2.45, 2.75) is 62.1 Å². The number of anilines is 2. The molecule has 1 saturated heterocycles. The number of carbonyl (C=O) groups excluding carboxylic acids is 1. The third-order valence-electron chi connectivity index (χ3n) is 6.61. The molecule has 1 unspecified atom stereocenters. The predicted octanol–water partition coefficient (Wildman–Crippen LogP) is 2.59. The molecule has 6 atom stereocenters. The molecule has 14 nitrogen and oxygen atoms in total. The number of nitrogens with zero attached hydrogens (tertiary/aromatic N) is 4.